The Morgan fingerprint density at radius 1 is 1.00 bits per heavy atom. The van der Waals surface area contributed by atoms with Crippen molar-refractivity contribution in [2.75, 3.05) is 4.90 Å². The quantitative estimate of drug-likeness (QED) is 0.394. The van der Waals surface area contributed by atoms with E-state index in [0.717, 1.165) is 6.42 Å². The number of benzene rings is 2. The predicted molar refractivity (Wildman–Crippen MR) is 141 cm³/mol. The van der Waals surface area contributed by atoms with Crippen LogP contribution in [0.2, 0.25) is 0 Å². The largest absolute Gasteiger partial charge is 0.292 e. The van der Waals surface area contributed by atoms with Crippen LogP contribution in [-0.4, -0.2) is 22.1 Å². The summed E-state index contributed by atoms with van der Waals surface area (Å²) in [5.41, 5.74) is 8.05. The van der Waals surface area contributed by atoms with Gasteiger partial charge in [0.1, 0.15) is 11.2 Å². The predicted octanol–water partition coefficient (Wildman–Crippen LogP) is 7.91. The van der Waals surface area contributed by atoms with Crippen LogP contribution in [0.5, 0.6) is 0 Å². The molecule has 2 aromatic rings. The van der Waals surface area contributed by atoms with E-state index in [1.165, 1.54) is 73.2 Å². The van der Waals surface area contributed by atoms with E-state index in [9.17, 15) is 0 Å². The number of amidine groups is 1. The van der Waals surface area contributed by atoms with Gasteiger partial charge in [0.05, 0.1) is 5.56 Å². The molecule has 2 aliphatic heterocycles. The van der Waals surface area contributed by atoms with E-state index in [-0.39, 0.29) is 5.54 Å². The van der Waals surface area contributed by atoms with Crippen LogP contribution in [0.1, 0.15) is 114 Å². The van der Waals surface area contributed by atoms with Gasteiger partial charge in [-0.1, -0.05) is 77.8 Å². The number of hydrogen-bond donors (Lipinski definition) is 0. The number of rotatable bonds is 7. The monoisotopic (exact) mass is 443 g/mol. The van der Waals surface area contributed by atoms with Crippen LogP contribution in [0, 0.1) is 6.92 Å². The summed E-state index contributed by atoms with van der Waals surface area (Å²) in [5.74, 6) is 1.99. The van der Waals surface area contributed by atoms with Gasteiger partial charge in [0, 0.05) is 12.3 Å². The van der Waals surface area contributed by atoms with Gasteiger partial charge in [0.25, 0.3) is 5.84 Å². The molecule has 1 fully saturated rings. The van der Waals surface area contributed by atoms with Crippen molar-refractivity contribution in [1.29, 1.82) is 0 Å². The van der Waals surface area contributed by atoms with Crippen molar-refractivity contribution < 1.29 is 4.58 Å². The zero-order valence-corrected chi connectivity index (χ0v) is 21.7. The molecule has 2 atom stereocenters. The zero-order valence-electron chi connectivity index (χ0n) is 21.7. The van der Waals surface area contributed by atoms with E-state index >= 15 is 0 Å². The first-order chi connectivity index (χ1) is 16.0. The Bertz CT molecular complexity index is 1070. The van der Waals surface area contributed by atoms with Crippen LogP contribution < -0.4 is 4.90 Å². The van der Waals surface area contributed by atoms with Gasteiger partial charge in [-0.3, -0.25) is 0 Å². The molecule has 0 amide bonds. The molecule has 0 saturated heterocycles. The Morgan fingerprint density at radius 3 is 2.30 bits per heavy atom. The second-order valence-electron chi connectivity index (χ2n) is 11.0. The molecule has 33 heavy (non-hydrogen) atoms. The van der Waals surface area contributed by atoms with Crippen molar-refractivity contribution in [2.24, 2.45) is 0 Å². The first-order valence-corrected chi connectivity index (χ1v) is 13.6. The highest BCUT2D eigenvalue weighted by molar-refractivity contribution is 6.11. The minimum atomic E-state index is 0.200. The van der Waals surface area contributed by atoms with Crippen LogP contribution in [0.15, 0.2) is 42.5 Å². The summed E-state index contributed by atoms with van der Waals surface area (Å²) in [6.07, 6.45) is 10.7. The summed E-state index contributed by atoms with van der Waals surface area (Å²) >= 11 is 0. The molecule has 0 aromatic heterocycles. The Labute approximate surface area is 201 Å². The maximum atomic E-state index is 2.82. The number of fused-ring (bicyclic) bond motifs is 2. The van der Waals surface area contributed by atoms with Gasteiger partial charge in [-0.25, -0.2) is 4.58 Å². The first kappa shape index (κ1) is 22.7. The molecule has 0 spiro atoms. The smallest absolute Gasteiger partial charge is 0.214 e. The van der Waals surface area contributed by atoms with Crippen molar-refractivity contribution in [1.82, 2.24) is 0 Å². The fraction of sp³-hybridized carbons (Fsp3) is 0.581. The SMILES string of the molecule is CCCC1(c2ccc(N3C4=[N+](C3CC)C(CC)(CC)C(C)c3ccccc34)c(C)c2)CCC1. The average molecular weight is 444 g/mol. The summed E-state index contributed by atoms with van der Waals surface area (Å²) in [6.45, 7) is 14.3. The molecule has 0 bridgehead atoms. The summed E-state index contributed by atoms with van der Waals surface area (Å²) in [5, 5.41) is 0. The molecule has 0 N–H and O–H groups in total. The van der Waals surface area contributed by atoms with Crippen molar-refractivity contribution in [3.8, 4) is 0 Å². The molecule has 0 radical (unpaired) electrons. The molecular weight excluding hydrogens is 400 g/mol. The van der Waals surface area contributed by atoms with Crippen molar-refractivity contribution in [2.45, 2.75) is 116 Å². The normalized spacial score (nSPS) is 24.6. The molecule has 5 rings (SSSR count). The third kappa shape index (κ3) is 3.01. The van der Waals surface area contributed by atoms with Crippen molar-refractivity contribution in [3.63, 3.8) is 0 Å². The lowest BCUT2D eigenvalue weighted by atomic mass is 9.62. The molecule has 2 nitrogen and oxygen atoms in total. The lowest BCUT2D eigenvalue weighted by molar-refractivity contribution is -0.668. The fourth-order valence-electron chi connectivity index (χ4n) is 7.66. The van der Waals surface area contributed by atoms with Crippen molar-refractivity contribution in [3.05, 3.63) is 64.7 Å². The number of hydrogen-bond acceptors (Lipinski definition) is 1. The van der Waals surface area contributed by atoms with Gasteiger partial charge in [-0.05, 0) is 73.3 Å². The Balaban J connectivity index is 1.63. The van der Waals surface area contributed by atoms with Crippen LogP contribution in [0.4, 0.5) is 5.69 Å². The molecular formula is C31H43N2+. The van der Waals surface area contributed by atoms with Crippen molar-refractivity contribution >= 4 is 11.5 Å². The lowest BCUT2D eigenvalue weighted by Gasteiger charge is -2.53. The first-order valence-electron chi connectivity index (χ1n) is 13.6. The summed E-state index contributed by atoms with van der Waals surface area (Å²) < 4.78 is 2.82. The summed E-state index contributed by atoms with van der Waals surface area (Å²) in [4.78, 5) is 2.68. The minimum Gasteiger partial charge on any atom is -0.214 e. The van der Waals surface area contributed by atoms with Crippen LogP contribution in [0.25, 0.3) is 0 Å². The van der Waals surface area contributed by atoms with Gasteiger partial charge in [-0.15, -0.1) is 0 Å². The van der Waals surface area contributed by atoms with E-state index in [1.807, 2.05) is 0 Å². The number of anilines is 1. The zero-order chi connectivity index (χ0) is 23.4. The van der Waals surface area contributed by atoms with E-state index in [0.29, 0.717) is 17.5 Å². The fourth-order valence-corrected chi connectivity index (χ4v) is 7.66. The summed E-state index contributed by atoms with van der Waals surface area (Å²) in [7, 11) is 0. The van der Waals surface area contributed by atoms with E-state index in [1.54, 1.807) is 5.56 Å². The molecule has 2 aromatic carbocycles. The second kappa shape index (κ2) is 8.29. The number of aryl methyl sites for hydroxylation is 1. The third-order valence-corrected chi connectivity index (χ3v) is 9.70. The highest BCUT2D eigenvalue weighted by atomic mass is 15.5. The van der Waals surface area contributed by atoms with Gasteiger partial charge in [-0.2, -0.15) is 4.90 Å². The van der Waals surface area contributed by atoms with Crippen LogP contribution >= 0.6 is 0 Å². The third-order valence-electron chi connectivity index (χ3n) is 9.70. The minimum absolute atomic E-state index is 0.200. The lowest BCUT2D eigenvalue weighted by Crippen LogP contribution is -2.71. The molecule has 1 aliphatic carbocycles. The van der Waals surface area contributed by atoms with E-state index in [2.05, 4.69) is 93.5 Å². The van der Waals surface area contributed by atoms with Gasteiger partial charge in [0.15, 0.2) is 0 Å². The molecule has 2 heterocycles. The number of nitrogens with zero attached hydrogens (tertiary/aromatic N) is 2. The molecule has 2 heteroatoms. The van der Waals surface area contributed by atoms with E-state index < -0.39 is 0 Å². The standard InChI is InChI=1S/C31H43N2/c1-7-18-30(19-13-20-30)24-16-17-27(22(5)21-24)32-28(8-2)33-29(32)26-15-12-11-14-25(26)23(6)31(33,9-3)10-4/h11-12,14-17,21,23,28H,7-10,13,18-20H2,1-6H3/q+1. The maximum absolute atomic E-state index is 2.82. The topological polar surface area (TPSA) is 6.25 Å². The Morgan fingerprint density at radius 2 is 1.73 bits per heavy atom. The highest BCUT2D eigenvalue weighted by Crippen LogP contribution is 2.51. The van der Waals surface area contributed by atoms with E-state index in [4.69, 9.17) is 0 Å². The second-order valence-corrected chi connectivity index (χ2v) is 11.0. The van der Waals surface area contributed by atoms with Gasteiger partial charge >= 0.3 is 0 Å². The summed E-state index contributed by atoms with van der Waals surface area (Å²) in [6, 6.07) is 16.6. The molecule has 3 aliphatic rings. The highest BCUT2D eigenvalue weighted by Gasteiger charge is 2.60. The van der Waals surface area contributed by atoms with Gasteiger partial charge in [0.2, 0.25) is 6.17 Å². The van der Waals surface area contributed by atoms with Gasteiger partial charge < -0.3 is 0 Å². The maximum Gasteiger partial charge on any atom is 0.292 e. The molecule has 176 valence electrons. The molecule has 2 unspecified atom stereocenters. The Kier molecular flexibility index (Phi) is 5.70. The van der Waals surface area contributed by atoms with Crippen LogP contribution in [-0.2, 0) is 5.41 Å². The molecule has 1 saturated carbocycles. The van der Waals surface area contributed by atoms with Crippen LogP contribution in [0.3, 0.4) is 0 Å². The average Bonchev–Trinajstić information content (AvgIpc) is 2.79. The Hall–Kier alpha value is -2.09.